The van der Waals surface area contributed by atoms with Gasteiger partial charge in [-0.1, -0.05) is 29.5 Å². The summed E-state index contributed by atoms with van der Waals surface area (Å²) in [6.45, 7) is 2.00. The first-order chi connectivity index (χ1) is 8.19. The molecule has 0 radical (unpaired) electrons. The van der Waals surface area contributed by atoms with E-state index in [1.54, 1.807) is 0 Å². The molecule has 88 valence electrons. The van der Waals surface area contributed by atoms with Crippen LogP contribution in [-0.4, -0.2) is 9.97 Å². The quantitative estimate of drug-likeness (QED) is 0.497. The van der Waals surface area contributed by atoms with E-state index in [2.05, 4.69) is 15.4 Å². The second kappa shape index (κ2) is 5.11. The summed E-state index contributed by atoms with van der Waals surface area (Å²) in [6, 6.07) is 7.75. The summed E-state index contributed by atoms with van der Waals surface area (Å²) in [6.07, 6.45) is 1.10. The largest absolute Gasteiger partial charge is 0.292 e. The molecule has 0 atom stereocenters. The van der Waals surface area contributed by atoms with E-state index in [0.29, 0.717) is 0 Å². The third-order valence-corrected chi connectivity index (χ3v) is 3.06. The summed E-state index contributed by atoms with van der Waals surface area (Å²) in [5.74, 6) is 4.91. The molecule has 0 saturated carbocycles. The van der Waals surface area contributed by atoms with E-state index in [0.717, 1.165) is 16.7 Å². The molecule has 0 unspecified atom stereocenters. The zero-order valence-electron chi connectivity index (χ0n) is 9.14. The average Bonchev–Trinajstić information content (AvgIpc) is 2.35. The summed E-state index contributed by atoms with van der Waals surface area (Å²) in [5.41, 5.74) is 3.44. The monoisotopic (exact) mass is 250 g/mol. The molecular formula is C11H11FN4S. The van der Waals surface area contributed by atoms with Gasteiger partial charge >= 0.3 is 0 Å². The number of anilines is 1. The first-order valence-corrected chi connectivity index (χ1v) is 5.74. The highest BCUT2D eigenvalue weighted by Gasteiger charge is 2.08. The van der Waals surface area contributed by atoms with Gasteiger partial charge in [0, 0.05) is 4.90 Å². The number of nitrogens with one attached hydrogen (secondary N) is 1. The number of benzene rings is 1. The molecule has 0 saturated heterocycles. The van der Waals surface area contributed by atoms with Gasteiger partial charge in [-0.15, -0.1) is 0 Å². The summed E-state index contributed by atoms with van der Waals surface area (Å²) in [5, 5.41) is 0.247. The maximum atomic E-state index is 13.5. The van der Waals surface area contributed by atoms with Crippen molar-refractivity contribution in [3.05, 3.63) is 41.8 Å². The lowest BCUT2D eigenvalue weighted by Crippen LogP contribution is -2.11. The fourth-order valence-corrected chi connectivity index (χ4v) is 1.99. The Morgan fingerprint density at radius 1 is 1.29 bits per heavy atom. The van der Waals surface area contributed by atoms with Crippen LogP contribution in [0.25, 0.3) is 0 Å². The molecule has 3 N–H and O–H groups in total. The number of halogens is 1. The van der Waals surface area contributed by atoms with E-state index < -0.39 is 5.82 Å². The molecule has 0 spiro atoms. The van der Waals surface area contributed by atoms with Crippen LogP contribution in [-0.2, 0) is 0 Å². The highest BCUT2D eigenvalue weighted by atomic mass is 32.2. The highest BCUT2D eigenvalue weighted by Crippen LogP contribution is 2.28. The topological polar surface area (TPSA) is 63.8 Å². The lowest BCUT2D eigenvalue weighted by atomic mass is 10.2. The van der Waals surface area contributed by atoms with E-state index in [-0.39, 0.29) is 11.0 Å². The van der Waals surface area contributed by atoms with Gasteiger partial charge in [-0.25, -0.2) is 20.2 Å². The molecule has 1 aromatic carbocycles. The molecule has 2 rings (SSSR count). The number of hydrogen-bond donors (Lipinski definition) is 2. The van der Waals surface area contributed by atoms with Gasteiger partial charge in [0.05, 0.1) is 6.20 Å². The number of hydrazine groups is 1. The standard InChI is InChI=1S/C11H11FN4S/c1-7-2-4-8(5-3-7)17-10-9(12)6-14-11(15-10)16-13/h2-6H,13H2,1H3,(H,14,15,16). The zero-order valence-corrected chi connectivity index (χ0v) is 9.96. The fraction of sp³-hybridized carbons (Fsp3) is 0.0909. The zero-order chi connectivity index (χ0) is 12.3. The van der Waals surface area contributed by atoms with Gasteiger partial charge < -0.3 is 0 Å². The Kier molecular flexibility index (Phi) is 3.55. The molecule has 6 heteroatoms. The molecule has 0 amide bonds. The third-order valence-electron chi connectivity index (χ3n) is 2.08. The normalized spacial score (nSPS) is 10.3. The molecule has 17 heavy (non-hydrogen) atoms. The minimum absolute atomic E-state index is 0.195. The smallest absolute Gasteiger partial charge is 0.238 e. The number of nitrogens with two attached hydrogens (primary N) is 1. The summed E-state index contributed by atoms with van der Waals surface area (Å²) < 4.78 is 13.5. The minimum atomic E-state index is -0.463. The van der Waals surface area contributed by atoms with Crippen molar-refractivity contribution in [2.45, 2.75) is 16.8 Å². The first kappa shape index (κ1) is 11.8. The van der Waals surface area contributed by atoms with Crippen LogP contribution in [0.2, 0.25) is 0 Å². The second-order valence-corrected chi connectivity index (χ2v) is 4.47. The van der Waals surface area contributed by atoms with E-state index in [1.807, 2.05) is 31.2 Å². The van der Waals surface area contributed by atoms with Crippen molar-refractivity contribution in [1.82, 2.24) is 9.97 Å². The van der Waals surface area contributed by atoms with Crippen molar-refractivity contribution in [1.29, 1.82) is 0 Å². The predicted molar refractivity (Wildman–Crippen MR) is 65.1 cm³/mol. The van der Waals surface area contributed by atoms with Crippen molar-refractivity contribution in [3.63, 3.8) is 0 Å². The molecule has 1 heterocycles. The van der Waals surface area contributed by atoms with E-state index in [9.17, 15) is 4.39 Å². The highest BCUT2D eigenvalue weighted by molar-refractivity contribution is 7.99. The predicted octanol–water partition coefficient (Wildman–Crippen LogP) is 2.36. The fourth-order valence-electron chi connectivity index (χ4n) is 1.21. The Balaban J connectivity index is 2.25. The number of aromatic nitrogens is 2. The Labute approximate surface area is 102 Å². The molecule has 0 bridgehead atoms. The molecule has 1 aromatic heterocycles. The van der Waals surface area contributed by atoms with Crippen LogP contribution in [0.4, 0.5) is 10.3 Å². The van der Waals surface area contributed by atoms with E-state index in [4.69, 9.17) is 5.84 Å². The third kappa shape index (κ3) is 2.92. The second-order valence-electron chi connectivity index (χ2n) is 3.41. The maximum Gasteiger partial charge on any atom is 0.238 e. The van der Waals surface area contributed by atoms with Crippen molar-refractivity contribution in [3.8, 4) is 0 Å². The molecule has 4 nitrogen and oxygen atoms in total. The van der Waals surface area contributed by atoms with Gasteiger partial charge in [-0.2, -0.15) is 0 Å². The lowest BCUT2D eigenvalue weighted by molar-refractivity contribution is 0.580. The van der Waals surface area contributed by atoms with Crippen LogP contribution in [0, 0.1) is 12.7 Å². The molecule has 2 aromatic rings. The van der Waals surface area contributed by atoms with E-state index >= 15 is 0 Å². The maximum absolute atomic E-state index is 13.5. The minimum Gasteiger partial charge on any atom is -0.292 e. The molecular weight excluding hydrogens is 239 g/mol. The molecule has 0 aliphatic carbocycles. The van der Waals surface area contributed by atoms with Crippen LogP contribution in [0.1, 0.15) is 5.56 Å². The SMILES string of the molecule is Cc1ccc(Sc2nc(NN)ncc2F)cc1. The van der Waals surface area contributed by atoms with Gasteiger partial charge in [0.15, 0.2) is 5.82 Å². The van der Waals surface area contributed by atoms with Crippen LogP contribution >= 0.6 is 11.8 Å². The van der Waals surface area contributed by atoms with Crippen molar-refractivity contribution in [2.75, 3.05) is 5.43 Å². The van der Waals surface area contributed by atoms with Crippen LogP contribution in [0.15, 0.2) is 40.4 Å². The first-order valence-electron chi connectivity index (χ1n) is 4.92. The average molecular weight is 250 g/mol. The number of aryl methyl sites for hydroxylation is 1. The summed E-state index contributed by atoms with van der Waals surface area (Å²) in [4.78, 5) is 8.54. The van der Waals surface area contributed by atoms with Gasteiger partial charge in [-0.05, 0) is 19.1 Å². The number of rotatable bonds is 3. The number of nitrogen functional groups attached to an aromatic ring is 1. The Hall–Kier alpha value is -1.66. The van der Waals surface area contributed by atoms with Crippen LogP contribution in [0.3, 0.4) is 0 Å². The van der Waals surface area contributed by atoms with Crippen LogP contribution in [0.5, 0.6) is 0 Å². The van der Waals surface area contributed by atoms with Gasteiger partial charge in [0.25, 0.3) is 0 Å². The van der Waals surface area contributed by atoms with Gasteiger partial charge in [0.1, 0.15) is 5.03 Å². The van der Waals surface area contributed by atoms with Gasteiger partial charge in [0.2, 0.25) is 5.95 Å². The van der Waals surface area contributed by atoms with Crippen LogP contribution < -0.4 is 11.3 Å². The summed E-state index contributed by atoms with van der Waals surface area (Å²) in [7, 11) is 0. The lowest BCUT2D eigenvalue weighted by Gasteiger charge is -2.04. The van der Waals surface area contributed by atoms with Crippen molar-refractivity contribution >= 4 is 17.7 Å². The molecule has 0 fully saturated rings. The molecule has 0 aliphatic heterocycles. The van der Waals surface area contributed by atoms with Crippen molar-refractivity contribution < 1.29 is 4.39 Å². The molecule has 0 aliphatic rings. The van der Waals surface area contributed by atoms with Crippen molar-refractivity contribution in [2.24, 2.45) is 5.84 Å². The summed E-state index contributed by atoms with van der Waals surface area (Å²) >= 11 is 1.23. The Morgan fingerprint density at radius 3 is 2.65 bits per heavy atom. The van der Waals surface area contributed by atoms with E-state index in [1.165, 1.54) is 11.8 Å². The Bertz CT molecular complexity index is 515. The number of hydrogen-bond acceptors (Lipinski definition) is 5. The Morgan fingerprint density at radius 2 is 2.00 bits per heavy atom. The van der Waals surface area contributed by atoms with Gasteiger partial charge in [-0.3, -0.25) is 5.43 Å². The number of nitrogens with zero attached hydrogens (tertiary/aromatic N) is 2.